The molecule has 0 saturated carbocycles. The number of amides is 1. The number of furan rings is 1. The maximum Gasteiger partial charge on any atom is 0.254 e. The van der Waals surface area contributed by atoms with Crippen LogP contribution in [0.1, 0.15) is 59.8 Å². The highest BCUT2D eigenvalue weighted by Gasteiger charge is 2.32. The summed E-state index contributed by atoms with van der Waals surface area (Å²) in [6, 6.07) is 5.77. The number of hydrogen-bond acceptors (Lipinski definition) is 6. The van der Waals surface area contributed by atoms with Gasteiger partial charge >= 0.3 is 0 Å². The van der Waals surface area contributed by atoms with Crippen LogP contribution in [-0.4, -0.2) is 5.91 Å². The molecule has 0 bridgehead atoms. The fraction of sp³-hybridized carbons (Fsp3) is 0.286. The molecule has 8 heteroatoms. The molecule has 7 nitrogen and oxygen atoms in total. The number of nitrogens with one attached hydrogen (secondary N) is 3. The first-order chi connectivity index (χ1) is 13.8. The van der Waals surface area contributed by atoms with Crippen LogP contribution in [0.5, 0.6) is 0 Å². The molecule has 3 N–H and O–H groups in total. The summed E-state index contributed by atoms with van der Waals surface area (Å²) in [5.74, 6) is 0.246. The maximum absolute atomic E-state index is 14.5. The molecule has 2 heterocycles. The van der Waals surface area contributed by atoms with E-state index in [1.807, 2.05) is 19.9 Å². The SMILES string of the molecule is CC[C@@H](Nc1c(Nc2c(F)ccc3c2C(=O)N[C@@H]3C)c(=O)c1=O)c1ccc(C)o1. The standard InChI is InChI=1S/C21H20FN3O4/c1-4-13(14-8-5-9(2)29-14)24-17-18(20(27)19(17)26)25-16-12(22)7-6-11-10(3)23-21(28)15(11)16/h5-8,10,13,24-25H,4H2,1-3H3,(H,23,28)/t10-,13-/m1/s1. The average molecular weight is 397 g/mol. The zero-order chi connectivity index (χ0) is 20.9. The van der Waals surface area contributed by atoms with Crippen LogP contribution in [0.15, 0.2) is 38.3 Å². The van der Waals surface area contributed by atoms with Crippen molar-refractivity contribution in [1.29, 1.82) is 0 Å². The van der Waals surface area contributed by atoms with Gasteiger partial charge in [-0.25, -0.2) is 4.39 Å². The fourth-order valence-electron chi connectivity index (χ4n) is 3.63. The number of carbonyl (C=O) groups is 1. The molecule has 1 aromatic heterocycles. The molecule has 3 aromatic rings. The number of rotatable bonds is 6. The molecule has 1 amide bonds. The minimum atomic E-state index is -0.763. The summed E-state index contributed by atoms with van der Waals surface area (Å²) in [6.45, 7) is 5.50. The molecule has 150 valence electrons. The number of anilines is 3. The Kier molecular flexibility index (Phi) is 4.49. The first-order valence-corrected chi connectivity index (χ1v) is 9.38. The Hall–Kier alpha value is -3.42. The second-order valence-electron chi connectivity index (χ2n) is 7.17. The molecule has 4 rings (SSSR count). The number of hydrogen-bond donors (Lipinski definition) is 3. The third kappa shape index (κ3) is 3.00. The van der Waals surface area contributed by atoms with E-state index in [4.69, 9.17) is 4.42 Å². The third-order valence-corrected chi connectivity index (χ3v) is 5.22. The van der Waals surface area contributed by atoms with Gasteiger partial charge in [0.15, 0.2) is 0 Å². The van der Waals surface area contributed by atoms with Crippen molar-refractivity contribution in [1.82, 2.24) is 5.32 Å². The van der Waals surface area contributed by atoms with Gasteiger partial charge in [0.1, 0.15) is 28.7 Å². The van der Waals surface area contributed by atoms with Crippen LogP contribution in [-0.2, 0) is 0 Å². The predicted octanol–water partition coefficient (Wildman–Crippen LogP) is 3.43. The average Bonchev–Trinajstić information content (AvgIpc) is 3.25. The summed E-state index contributed by atoms with van der Waals surface area (Å²) in [7, 11) is 0. The van der Waals surface area contributed by atoms with E-state index in [-0.39, 0.29) is 34.7 Å². The van der Waals surface area contributed by atoms with Gasteiger partial charge in [0, 0.05) is 0 Å². The lowest BCUT2D eigenvalue weighted by Gasteiger charge is -2.21. The van der Waals surface area contributed by atoms with Gasteiger partial charge in [0.2, 0.25) is 0 Å². The lowest BCUT2D eigenvalue weighted by molar-refractivity contribution is 0.0959. The molecule has 0 unspecified atom stereocenters. The maximum atomic E-state index is 14.5. The Labute approximate surface area is 165 Å². The van der Waals surface area contributed by atoms with Gasteiger partial charge in [0.25, 0.3) is 16.8 Å². The van der Waals surface area contributed by atoms with Gasteiger partial charge in [-0.15, -0.1) is 0 Å². The number of fused-ring (bicyclic) bond motifs is 1. The van der Waals surface area contributed by atoms with E-state index < -0.39 is 22.6 Å². The number of halogens is 1. The largest absolute Gasteiger partial charge is 0.464 e. The predicted molar refractivity (Wildman–Crippen MR) is 107 cm³/mol. The van der Waals surface area contributed by atoms with Gasteiger partial charge in [-0.1, -0.05) is 13.0 Å². The molecule has 0 spiro atoms. The molecule has 1 aliphatic rings. The molecule has 1 aliphatic heterocycles. The zero-order valence-electron chi connectivity index (χ0n) is 16.2. The van der Waals surface area contributed by atoms with Crippen LogP contribution in [0.25, 0.3) is 0 Å². The Balaban J connectivity index is 1.69. The lowest BCUT2D eigenvalue weighted by Crippen LogP contribution is -2.37. The molecule has 0 radical (unpaired) electrons. The summed E-state index contributed by atoms with van der Waals surface area (Å²) >= 11 is 0. The molecule has 29 heavy (non-hydrogen) atoms. The van der Waals surface area contributed by atoms with E-state index in [1.165, 1.54) is 12.1 Å². The van der Waals surface area contributed by atoms with Gasteiger partial charge in [-0.05, 0) is 44.0 Å². The summed E-state index contributed by atoms with van der Waals surface area (Å²) in [5.41, 5.74) is -0.798. The summed E-state index contributed by atoms with van der Waals surface area (Å²) in [6.07, 6.45) is 0.597. The van der Waals surface area contributed by atoms with E-state index in [0.29, 0.717) is 17.7 Å². The van der Waals surface area contributed by atoms with Crippen molar-refractivity contribution in [2.75, 3.05) is 10.6 Å². The number of aryl methyl sites for hydroxylation is 1. The molecule has 0 saturated heterocycles. The van der Waals surface area contributed by atoms with Crippen molar-refractivity contribution in [3.8, 4) is 0 Å². The smallest absolute Gasteiger partial charge is 0.254 e. The fourth-order valence-corrected chi connectivity index (χ4v) is 3.63. The van der Waals surface area contributed by atoms with E-state index in [9.17, 15) is 18.8 Å². The minimum absolute atomic E-state index is 0.0550. The van der Waals surface area contributed by atoms with Crippen molar-refractivity contribution in [2.24, 2.45) is 0 Å². The van der Waals surface area contributed by atoms with Crippen LogP contribution < -0.4 is 26.8 Å². The van der Waals surface area contributed by atoms with Crippen molar-refractivity contribution >= 4 is 23.0 Å². The van der Waals surface area contributed by atoms with E-state index in [1.54, 1.807) is 13.0 Å². The van der Waals surface area contributed by atoms with Gasteiger partial charge in [-0.2, -0.15) is 0 Å². The first kappa shape index (κ1) is 18.9. The van der Waals surface area contributed by atoms with Crippen molar-refractivity contribution in [2.45, 2.75) is 39.3 Å². The molecule has 2 aromatic carbocycles. The van der Waals surface area contributed by atoms with E-state index in [0.717, 1.165) is 5.76 Å². The van der Waals surface area contributed by atoms with Gasteiger partial charge < -0.3 is 20.4 Å². The molecular formula is C21H20FN3O4. The Bertz CT molecular complexity index is 1190. The second kappa shape index (κ2) is 6.88. The van der Waals surface area contributed by atoms with Crippen LogP contribution >= 0.6 is 0 Å². The number of benzene rings is 1. The van der Waals surface area contributed by atoms with Crippen LogP contribution in [0.4, 0.5) is 21.5 Å². The second-order valence-corrected chi connectivity index (χ2v) is 7.17. The Morgan fingerprint density at radius 3 is 2.48 bits per heavy atom. The van der Waals surface area contributed by atoms with Crippen LogP contribution in [0.3, 0.4) is 0 Å². The minimum Gasteiger partial charge on any atom is -0.464 e. The summed E-state index contributed by atoms with van der Waals surface area (Å²) < 4.78 is 20.1. The highest BCUT2D eigenvalue weighted by molar-refractivity contribution is 6.05. The van der Waals surface area contributed by atoms with Crippen molar-refractivity contribution < 1.29 is 13.6 Å². The van der Waals surface area contributed by atoms with Crippen molar-refractivity contribution in [3.63, 3.8) is 0 Å². The van der Waals surface area contributed by atoms with Gasteiger partial charge in [-0.3, -0.25) is 14.4 Å². The van der Waals surface area contributed by atoms with E-state index >= 15 is 0 Å². The molecule has 2 atom stereocenters. The van der Waals surface area contributed by atoms with E-state index in [2.05, 4.69) is 16.0 Å². The lowest BCUT2D eigenvalue weighted by atomic mass is 10.0. The van der Waals surface area contributed by atoms with Crippen LogP contribution in [0.2, 0.25) is 0 Å². The van der Waals surface area contributed by atoms with Crippen LogP contribution in [0, 0.1) is 12.7 Å². The van der Waals surface area contributed by atoms with Gasteiger partial charge in [0.05, 0.1) is 23.3 Å². The first-order valence-electron chi connectivity index (χ1n) is 9.38. The normalized spacial score (nSPS) is 16.6. The quantitative estimate of drug-likeness (QED) is 0.551. The highest BCUT2D eigenvalue weighted by Crippen LogP contribution is 2.35. The topological polar surface area (TPSA) is 100 Å². The zero-order valence-corrected chi connectivity index (χ0v) is 16.2. The third-order valence-electron chi connectivity index (χ3n) is 5.22. The monoisotopic (exact) mass is 397 g/mol. The summed E-state index contributed by atoms with van der Waals surface area (Å²) in [5, 5.41) is 8.43. The summed E-state index contributed by atoms with van der Waals surface area (Å²) in [4.78, 5) is 36.6. The van der Waals surface area contributed by atoms with Crippen molar-refractivity contribution in [3.05, 3.63) is 73.2 Å². The molecule has 0 aliphatic carbocycles. The Morgan fingerprint density at radius 2 is 1.83 bits per heavy atom. The molecular weight excluding hydrogens is 377 g/mol. The number of carbonyl (C=O) groups excluding carboxylic acids is 1. The Morgan fingerprint density at radius 1 is 1.10 bits per heavy atom. The highest BCUT2D eigenvalue weighted by atomic mass is 19.1. The molecule has 0 fully saturated rings.